The van der Waals surface area contributed by atoms with Crippen LogP contribution in [0.5, 0.6) is 5.75 Å². The van der Waals surface area contributed by atoms with E-state index in [0.29, 0.717) is 25.9 Å². The minimum Gasteiger partial charge on any atom is -0.493 e. The first kappa shape index (κ1) is 18.7. The first-order valence-electron chi connectivity index (χ1n) is 9.62. The highest BCUT2D eigenvalue weighted by Crippen LogP contribution is 2.26. The highest BCUT2D eigenvalue weighted by molar-refractivity contribution is 5.79. The van der Waals surface area contributed by atoms with Gasteiger partial charge in [-0.3, -0.25) is 9.59 Å². The Morgan fingerprint density at radius 1 is 1.04 bits per heavy atom. The summed E-state index contributed by atoms with van der Waals surface area (Å²) >= 11 is 0. The fraction of sp³-hybridized carbons (Fsp3) is 0.619. The summed E-state index contributed by atoms with van der Waals surface area (Å²) in [5.41, 5.74) is 2.24. The van der Waals surface area contributed by atoms with Gasteiger partial charge in [0.1, 0.15) is 5.75 Å². The molecule has 0 bridgehead atoms. The zero-order valence-corrected chi connectivity index (χ0v) is 16.2. The Hall–Kier alpha value is -2.04. The number of amides is 2. The topological polar surface area (TPSA) is 49.9 Å². The highest BCUT2D eigenvalue weighted by Gasteiger charge is 2.25. The summed E-state index contributed by atoms with van der Waals surface area (Å²) in [7, 11) is 0. The molecule has 0 radical (unpaired) electrons. The molecule has 142 valence electrons. The van der Waals surface area contributed by atoms with Crippen molar-refractivity contribution < 1.29 is 14.3 Å². The van der Waals surface area contributed by atoms with E-state index in [0.717, 1.165) is 43.9 Å². The molecule has 0 atom stereocenters. The molecule has 1 fully saturated rings. The predicted molar refractivity (Wildman–Crippen MR) is 101 cm³/mol. The van der Waals surface area contributed by atoms with E-state index in [1.807, 2.05) is 21.9 Å². The lowest BCUT2D eigenvalue weighted by molar-refractivity contribution is -0.134. The maximum atomic E-state index is 12.7. The second kappa shape index (κ2) is 7.68. The van der Waals surface area contributed by atoms with Gasteiger partial charge >= 0.3 is 0 Å². The zero-order chi connectivity index (χ0) is 18.7. The lowest BCUT2D eigenvalue weighted by atomic mass is 9.91. The average Bonchev–Trinajstić information content (AvgIpc) is 2.87. The summed E-state index contributed by atoms with van der Waals surface area (Å²) in [5.74, 6) is 1.29. The molecule has 2 aliphatic heterocycles. The Morgan fingerprint density at radius 3 is 2.42 bits per heavy atom. The quantitative estimate of drug-likeness (QED) is 0.835. The van der Waals surface area contributed by atoms with Gasteiger partial charge < -0.3 is 14.5 Å². The molecule has 3 rings (SSSR count). The second-order valence-electron chi connectivity index (χ2n) is 8.57. The van der Waals surface area contributed by atoms with E-state index in [4.69, 9.17) is 4.74 Å². The van der Waals surface area contributed by atoms with Crippen LogP contribution in [-0.4, -0.2) is 54.4 Å². The number of ether oxygens (including phenoxy) is 1. The summed E-state index contributed by atoms with van der Waals surface area (Å²) in [4.78, 5) is 29.0. The number of benzene rings is 1. The number of hydrogen-bond donors (Lipinski definition) is 0. The summed E-state index contributed by atoms with van der Waals surface area (Å²) in [6.45, 7) is 9.72. The van der Waals surface area contributed by atoms with Crippen molar-refractivity contribution in [1.29, 1.82) is 0 Å². The van der Waals surface area contributed by atoms with Gasteiger partial charge in [-0.2, -0.15) is 0 Å². The Labute approximate surface area is 156 Å². The maximum Gasteiger partial charge on any atom is 0.227 e. The SMILES string of the molecule is CC(C)(C)CC(=O)N1CCCN(C(=O)Cc2ccc3c(c2)CCO3)CC1. The molecule has 0 aromatic heterocycles. The van der Waals surface area contributed by atoms with Gasteiger partial charge in [0.05, 0.1) is 13.0 Å². The van der Waals surface area contributed by atoms with Crippen molar-refractivity contribution in [2.45, 2.75) is 46.5 Å². The van der Waals surface area contributed by atoms with Gasteiger partial charge in [0.2, 0.25) is 11.8 Å². The van der Waals surface area contributed by atoms with Crippen molar-refractivity contribution in [3.63, 3.8) is 0 Å². The third-order valence-electron chi connectivity index (χ3n) is 4.99. The number of rotatable bonds is 3. The van der Waals surface area contributed by atoms with E-state index < -0.39 is 0 Å². The second-order valence-corrected chi connectivity index (χ2v) is 8.57. The predicted octanol–water partition coefficient (Wildman–Crippen LogP) is 2.66. The molecular formula is C21H30N2O3. The van der Waals surface area contributed by atoms with E-state index in [1.165, 1.54) is 5.56 Å². The fourth-order valence-corrected chi connectivity index (χ4v) is 3.62. The van der Waals surface area contributed by atoms with Gasteiger partial charge in [0.25, 0.3) is 0 Å². The molecule has 5 heteroatoms. The standard InChI is InChI=1S/C21H30N2O3/c1-21(2,3)15-20(25)23-9-4-8-22(10-11-23)19(24)14-16-5-6-18-17(13-16)7-12-26-18/h5-6,13H,4,7-12,14-15H2,1-3H3. The van der Waals surface area contributed by atoms with Crippen LogP contribution in [-0.2, 0) is 22.4 Å². The molecule has 0 aliphatic carbocycles. The Morgan fingerprint density at radius 2 is 1.73 bits per heavy atom. The van der Waals surface area contributed by atoms with Gasteiger partial charge in [-0.25, -0.2) is 0 Å². The van der Waals surface area contributed by atoms with Crippen LogP contribution in [0.15, 0.2) is 18.2 Å². The van der Waals surface area contributed by atoms with Crippen molar-refractivity contribution in [2.24, 2.45) is 5.41 Å². The number of carbonyl (C=O) groups is 2. The van der Waals surface area contributed by atoms with Crippen molar-refractivity contribution in [2.75, 3.05) is 32.8 Å². The van der Waals surface area contributed by atoms with Crippen LogP contribution in [0.25, 0.3) is 0 Å². The molecule has 1 saturated heterocycles. The van der Waals surface area contributed by atoms with Crippen LogP contribution >= 0.6 is 0 Å². The molecular weight excluding hydrogens is 328 g/mol. The highest BCUT2D eigenvalue weighted by atomic mass is 16.5. The third-order valence-corrected chi connectivity index (χ3v) is 4.99. The van der Waals surface area contributed by atoms with Gasteiger partial charge in [-0.05, 0) is 29.0 Å². The van der Waals surface area contributed by atoms with Crippen LogP contribution < -0.4 is 4.74 Å². The number of carbonyl (C=O) groups excluding carboxylic acids is 2. The van der Waals surface area contributed by atoms with Gasteiger partial charge in [-0.1, -0.05) is 32.9 Å². The molecule has 0 spiro atoms. The number of nitrogens with zero attached hydrogens (tertiary/aromatic N) is 2. The van der Waals surface area contributed by atoms with Crippen LogP contribution in [0.4, 0.5) is 0 Å². The molecule has 2 heterocycles. The largest absolute Gasteiger partial charge is 0.493 e. The number of fused-ring (bicyclic) bond motifs is 1. The monoisotopic (exact) mass is 358 g/mol. The molecule has 1 aromatic rings. The molecule has 26 heavy (non-hydrogen) atoms. The smallest absolute Gasteiger partial charge is 0.227 e. The van der Waals surface area contributed by atoms with Gasteiger partial charge in [0.15, 0.2) is 0 Å². The third kappa shape index (κ3) is 4.77. The zero-order valence-electron chi connectivity index (χ0n) is 16.2. The molecule has 0 saturated carbocycles. The summed E-state index contributed by atoms with van der Waals surface area (Å²) < 4.78 is 5.53. The van der Waals surface area contributed by atoms with Crippen LogP contribution in [0, 0.1) is 5.41 Å². The molecule has 1 aromatic carbocycles. The minimum atomic E-state index is -0.00379. The molecule has 5 nitrogen and oxygen atoms in total. The van der Waals surface area contributed by atoms with Gasteiger partial charge in [0, 0.05) is 39.0 Å². The van der Waals surface area contributed by atoms with Crippen LogP contribution in [0.3, 0.4) is 0 Å². The Balaban J connectivity index is 1.55. The summed E-state index contributed by atoms with van der Waals surface area (Å²) in [6, 6.07) is 6.05. The van der Waals surface area contributed by atoms with Crippen molar-refractivity contribution >= 4 is 11.8 Å². The summed E-state index contributed by atoms with van der Waals surface area (Å²) in [5, 5.41) is 0. The van der Waals surface area contributed by atoms with E-state index in [2.05, 4.69) is 26.8 Å². The van der Waals surface area contributed by atoms with E-state index in [9.17, 15) is 9.59 Å². The van der Waals surface area contributed by atoms with E-state index in [-0.39, 0.29) is 17.2 Å². The van der Waals surface area contributed by atoms with Crippen LogP contribution in [0.2, 0.25) is 0 Å². The minimum absolute atomic E-state index is 0.00379. The average molecular weight is 358 g/mol. The van der Waals surface area contributed by atoms with Crippen molar-refractivity contribution in [3.05, 3.63) is 29.3 Å². The Bertz CT molecular complexity index is 678. The van der Waals surface area contributed by atoms with Crippen molar-refractivity contribution in [1.82, 2.24) is 9.80 Å². The van der Waals surface area contributed by atoms with E-state index in [1.54, 1.807) is 0 Å². The van der Waals surface area contributed by atoms with Crippen molar-refractivity contribution in [3.8, 4) is 5.75 Å². The molecule has 2 aliphatic rings. The number of hydrogen-bond acceptors (Lipinski definition) is 3. The normalized spacial score (nSPS) is 17.5. The van der Waals surface area contributed by atoms with Gasteiger partial charge in [-0.15, -0.1) is 0 Å². The summed E-state index contributed by atoms with van der Waals surface area (Å²) in [6.07, 6.45) is 2.74. The lowest BCUT2D eigenvalue weighted by Gasteiger charge is -2.25. The fourth-order valence-electron chi connectivity index (χ4n) is 3.62. The first-order valence-corrected chi connectivity index (χ1v) is 9.62. The molecule has 0 N–H and O–H groups in total. The Kier molecular flexibility index (Phi) is 5.54. The molecule has 0 unspecified atom stereocenters. The lowest BCUT2D eigenvalue weighted by Crippen LogP contribution is -2.38. The first-order chi connectivity index (χ1) is 12.3. The van der Waals surface area contributed by atoms with E-state index >= 15 is 0 Å². The van der Waals surface area contributed by atoms with Crippen LogP contribution in [0.1, 0.15) is 44.7 Å². The maximum absolute atomic E-state index is 12.7. The molecule has 2 amide bonds.